The molecule has 1 aliphatic heterocycles. The SMILES string of the molecule is CC(C)N1CCOC(c2ncc(Br)c(=S)[nH]2)C1. The predicted molar refractivity (Wildman–Crippen MR) is 72.5 cm³/mol. The van der Waals surface area contributed by atoms with Gasteiger partial charge in [0.1, 0.15) is 16.6 Å². The van der Waals surface area contributed by atoms with Crippen molar-refractivity contribution in [2.24, 2.45) is 0 Å². The van der Waals surface area contributed by atoms with Crippen molar-refractivity contribution in [3.8, 4) is 0 Å². The Morgan fingerprint density at radius 2 is 2.41 bits per heavy atom. The standard InChI is InChI=1S/C11H16BrN3OS/c1-7(2)15-3-4-16-9(6-15)10-13-5-8(12)11(17)14-10/h5,7,9H,3-4,6H2,1-2H3,(H,13,14,17). The van der Waals surface area contributed by atoms with Gasteiger partial charge in [0.05, 0.1) is 11.1 Å². The number of halogens is 1. The second-order valence-electron chi connectivity index (χ2n) is 4.39. The fraction of sp³-hybridized carbons (Fsp3) is 0.636. The van der Waals surface area contributed by atoms with Gasteiger partial charge in [0.25, 0.3) is 0 Å². The summed E-state index contributed by atoms with van der Waals surface area (Å²) in [6.45, 7) is 6.96. The summed E-state index contributed by atoms with van der Waals surface area (Å²) in [4.78, 5) is 9.83. The van der Waals surface area contributed by atoms with Gasteiger partial charge in [0.15, 0.2) is 0 Å². The molecule has 0 aliphatic carbocycles. The Hall–Kier alpha value is -0.300. The first-order valence-electron chi connectivity index (χ1n) is 5.68. The smallest absolute Gasteiger partial charge is 0.137 e. The van der Waals surface area contributed by atoms with Crippen LogP contribution in [0.1, 0.15) is 25.8 Å². The van der Waals surface area contributed by atoms with E-state index >= 15 is 0 Å². The molecule has 1 unspecified atom stereocenters. The molecule has 1 aliphatic rings. The lowest BCUT2D eigenvalue weighted by molar-refractivity contribution is -0.0443. The van der Waals surface area contributed by atoms with Crippen LogP contribution in [0.4, 0.5) is 0 Å². The molecular weight excluding hydrogens is 302 g/mol. The van der Waals surface area contributed by atoms with E-state index in [0.29, 0.717) is 10.7 Å². The molecule has 1 fully saturated rings. The lowest BCUT2D eigenvalue weighted by Crippen LogP contribution is -2.42. The van der Waals surface area contributed by atoms with Crippen LogP contribution in [-0.2, 0) is 4.74 Å². The summed E-state index contributed by atoms with van der Waals surface area (Å²) in [6.07, 6.45) is 1.72. The van der Waals surface area contributed by atoms with Crippen LogP contribution < -0.4 is 0 Å². The van der Waals surface area contributed by atoms with Crippen LogP contribution in [0, 0.1) is 4.64 Å². The van der Waals surface area contributed by atoms with Gasteiger partial charge in [-0.1, -0.05) is 12.2 Å². The van der Waals surface area contributed by atoms with Gasteiger partial charge in [-0.2, -0.15) is 0 Å². The zero-order valence-electron chi connectivity index (χ0n) is 9.94. The van der Waals surface area contributed by atoms with Crippen molar-refractivity contribution >= 4 is 28.1 Å². The molecule has 0 bridgehead atoms. The third kappa shape index (κ3) is 3.13. The maximum absolute atomic E-state index is 5.74. The summed E-state index contributed by atoms with van der Waals surface area (Å²) >= 11 is 8.52. The van der Waals surface area contributed by atoms with E-state index in [2.05, 4.69) is 44.6 Å². The number of aromatic amines is 1. The normalized spacial score (nSPS) is 22.0. The van der Waals surface area contributed by atoms with Crippen molar-refractivity contribution < 1.29 is 4.74 Å². The summed E-state index contributed by atoms with van der Waals surface area (Å²) in [5.74, 6) is 0.809. The minimum absolute atomic E-state index is 0.0130. The molecule has 0 aromatic carbocycles. The molecule has 0 radical (unpaired) electrons. The summed E-state index contributed by atoms with van der Waals surface area (Å²) in [5, 5.41) is 0. The molecule has 1 atom stereocenters. The molecule has 2 heterocycles. The monoisotopic (exact) mass is 317 g/mol. The number of aromatic nitrogens is 2. The van der Waals surface area contributed by atoms with Crippen LogP contribution in [-0.4, -0.2) is 40.6 Å². The average molecular weight is 318 g/mol. The van der Waals surface area contributed by atoms with Gasteiger partial charge in [-0.3, -0.25) is 4.90 Å². The number of hydrogen-bond acceptors (Lipinski definition) is 4. The zero-order chi connectivity index (χ0) is 12.4. The summed E-state index contributed by atoms with van der Waals surface area (Å²) < 4.78 is 7.22. The van der Waals surface area contributed by atoms with Gasteiger partial charge in [-0.15, -0.1) is 0 Å². The number of rotatable bonds is 2. The van der Waals surface area contributed by atoms with Gasteiger partial charge >= 0.3 is 0 Å². The molecule has 0 spiro atoms. The molecule has 0 amide bonds. The van der Waals surface area contributed by atoms with E-state index in [9.17, 15) is 0 Å². The van der Waals surface area contributed by atoms with Crippen molar-refractivity contribution in [1.29, 1.82) is 0 Å². The van der Waals surface area contributed by atoms with E-state index in [0.717, 1.165) is 30.0 Å². The first-order valence-corrected chi connectivity index (χ1v) is 6.88. The molecule has 4 nitrogen and oxygen atoms in total. The van der Waals surface area contributed by atoms with Crippen molar-refractivity contribution in [2.75, 3.05) is 19.7 Å². The minimum atomic E-state index is -0.0130. The maximum Gasteiger partial charge on any atom is 0.137 e. The average Bonchev–Trinajstić information content (AvgIpc) is 2.33. The fourth-order valence-corrected chi connectivity index (χ4v) is 2.22. The van der Waals surface area contributed by atoms with Crippen molar-refractivity contribution in [1.82, 2.24) is 14.9 Å². The van der Waals surface area contributed by atoms with E-state index in [1.807, 2.05) is 0 Å². The maximum atomic E-state index is 5.74. The number of H-pyrrole nitrogens is 1. The topological polar surface area (TPSA) is 41.1 Å². The van der Waals surface area contributed by atoms with Gasteiger partial charge in [-0.05, 0) is 29.8 Å². The van der Waals surface area contributed by atoms with E-state index in [1.165, 1.54) is 0 Å². The number of hydrogen-bond donors (Lipinski definition) is 1. The van der Waals surface area contributed by atoms with Gasteiger partial charge < -0.3 is 9.72 Å². The van der Waals surface area contributed by atoms with Crippen LogP contribution in [0.25, 0.3) is 0 Å². The molecule has 6 heteroatoms. The highest BCUT2D eigenvalue weighted by molar-refractivity contribution is 9.10. The Kier molecular flexibility index (Phi) is 4.30. The quantitative estimate of drug-likeness (QED) is 0.851. The summed E-state index contributed by atoms with van der Waals surface area (Å²) in [7, 11) is 0. The number of nitrogens with one attached hydrogen (secondary N) is 1. The lowest BCUT2D eigenvalue weighted by atomic mass is 10.2. The van der Waals surface area contributed by atoms with Gasteiger partial charge in [-0.25, -0.2) is 4.98 Å². The summed E-state index contributed by atoms with van der Waals surface area (Å²) in [6, 6.07) is 0.528. The third-order valence-electron chi connectivity index (χ3n) is 2.91. The Balaban J connectivity index is 2.16. The highest BCUT2D eigenvalue weighted by Crippen LogP contribution is 2.21. The highest BCUT2D eigenvalue weighted by Gasteiger charge is 2.25. The zero-order valence-corrected chi connectivity index (χ0v) is 12.3. The molecule has 1 saturated heterocycles. The Morgan fingerprint density at radius 1 is 1.65 bits per heavy atom. The molecule has 1 N–H and O–H groups in total. The molecular formula is C11H16BrN3OS. The Labute approximate surface area is 115 Å². The Bertz CT molecular complexity index is 449. The molecule has 94 valence electrons. The minimum Gasteiger partial charge on any atom is -0.368 e. The molecule has 0 saturated carbocycles. The largest absolute Gasteiger partial charge is 0.368 e. The van der Waals surface area contributed by atoms with E-state index in [1.54, 1.807) is 6.20 Å². The van der Waals surface area contributed by atoms with Crippen molar-refractivity contribution in [2.45, 2.75) is 26.0 Å². The number of ether oxygens (including phenoxy) is 1. The molecule has 2 rings (SSSR count). The Morgan fingerprint density at radius 3 is 3.06 bits per heavy atom. The summed E-state index contributed by atoms with van der Waals surface area (Å²) in [5.41, 5.74) is 0. The molecule has 1 aromatic heterocycles. The van der Waals surface area contributed by atoms with Crippen LogP contribution >= 0.6 is 28.1 Å². The number of nitrogens with zero attached hydrogens (tertiary/aromatic N) is 2. The van der Waals surface area contributed by atoms with E-state index < -0.39 is 0 Å². The van der Waals surface area contributed by atoms with Crippen LogP contribution in [0.2, 0.25) is 0 Å². The molecule has 1 aromatic rings. The second kappa shape index (κ2) is 5.56. The fourth-order valence-electron chi connectivity index (χ4n) is 1.86. The number of morpholine rings is 1. The van der Waals surface area contributed by atoms with Gasteiger partial charge in [0, 0.05) is 25.3 Å². The van der Waals surface area contributed by atoms with Crippen LogP contribution in [0.5, 0.6) is 0 Å². The van der Waals surface area contributed by atoms with E-state index in [4.69, 9.17) is 17.0 Å². The van der Waals surface area contributed by atoms with Crippen molar-refractivity contribution in [3.63, 3.8) is 0 Å². The lowest BCUT2D eigenvalue weighted by Gasteiger charge is -2.34. The second-order valence-corrected chi connectivity index (χ2v) is 5.66. The highest BCUT2D eigenvalue weighted by atomic mass is 79.9. The van der Waals surface area contributed by atoms with Gasteiger partial charge in [0.2, 0.25) is 0 Å². The van der Waals surface area contributed by atoms with Crippen LogP contribution in [0.15, 0.2) is 10.7 Å². The first kappa shape index (κ1) is 13.1. The predicted octanol–water partition coefficient (Wildman–Crippen LogP) is 2.68. The van der Waals surface area contributed by atoms with Crippen LogP contribution in [0.3, 0.4) is 0 Å². The van der Waals surface area contributed by atoms with E-state index in [-0.39, 0.29) is 6.10 Å². The first-order chi connectivity index (χ1) is 8.08. The van der Waals surface area contributed by atoms with Crippen molar-refractivity contribution in [3.05, 3.63) is 21.1 Å². The third-order valence-corrected chi connectivity index (χ3v) is 4.09. The molecule has 17 heavy (non-hydrogen) atoms.